The summed E-state index contributed by atoms with van der Waals surface area (Å²) in [5.74, 6) is -1.66. The van der Waals surface area contributed by atoms with Crippen molar-refractivity contribution in [2.45, 2.75) is 229 Å². The Balaban J connectivity index is 1.13. The first kappa shape index (κ1) is 66.2. The molecular weight excluding hydrogens is 1110 g/mol. The van der Waals surface area contributed by atoms with Gasteiger partial charge in [0, 0.05) is 13.8 Å². The molecule has 81 heavy (non-hydrogen) atoms. The van der Waals surface area contributed by atoms with Crippen LogP contribution in [0.4, 0.5) is 0 Å². The van der Waals surface area contributed by atoms with Crippen LogP contribution in [0.2, 0.25) is 0 Å². The van der Waals surface area contributed by atoms with Crippen LogP contribution in [0.3, 0.4) is 0 Å². The highest BCUT2D eigenvalue weighted by Gasteiger charge is 2.58. The van der Waals surface area contributed by atoms with E-state index in [0.29, 0.717) is 0 Å². The molecule has 2 amide bonds. The lowest BCUT2D eigenvalue weighted by molar-refractivity contribution is -0.384. The monoisotopic (exact) mass is 1190 g/mol. The molecular formula is C45H76N2O34. The predicted octanol–water partition coefficient (Wildman–Crippen LogP) is -14.3. The van der Waals surface area contributed by atoms with Crippen molar-refractivity contribution in [3.05, 3.63) is 0 Å². The number of rotatable bonds is 20. The molecule has 34 atom stereocenters. The van der Waals surface area contributed by atoms with Crippen molar-refractivity contribution < 1.29 is 168 Å². The number of amides is 2. The van der Waals surface area contributed by atoms with Gasteiger partial charge in [0.15, 0.2) is 44.0 Å². The van der Waals surface area contributed by atoms with Crippen LogP contribution in [0.1, 0.15) is 20.8 Å². The first-order chi connectivity index (χ1) is 38.3. The Hall–Kier alpha value is -2.34. The van der Waals surface area contributed by atoms with Crippen molar-refractivity contribution in [1.82, 2.24) is 10.6 Å². The Kier molecular flexibility index (Phi) is 23.2. The summed E-state index contributed by atoms with van der Waals surface area (Å²) in [5, 5.41) is 208. The van der Waals surface area contributed by atoms with Crippen molar-refractivity contribution in [2.24, 2.45) is 0 Å². The lowest BCUT2D eigenvalue weighted by atomic mass is 9.93. The van der Waals surface area contributed by atoms with Gasteiger partial charge in [0.1, 0.15) is 159 Å². The van der Waals surface area contributed by atoms with Crippen molar-refractivity contribution >= 4 is 11.8 Å². The lowest BCUT2D eigenvalue weighted by Crippen LogP contribution is -2.71. The van der Waals surface area contributed by atoms with E-state index in [0.717, 1.165) is 13.8 Å². The average Bonchev–Trinajstić information content (AvgIpc) is 3.83. The van der Waals surface area contributed by atoms with Gasteiger partial charge in [0.2, 0.25) is 11.8 Å². The fourth-order valence-electron chi connectivity index (χ4n) is 10.3. The summed E-state index contributed by atoms with van der Waals surface area (Å²) in [6.45, 7) is -2.09. The number of carbonyl (C=O) groups excluding carboxylic acids is 2. The molecule has 7 heterocycles. The molecule has 0 aromatic heterocycles. The molecule has 0 spiro atoms. The first-order valence-electron chi connectivity index (χ1n) is 25.9. The molecule has 0 aliphatic carbocycles. The molecule has 36 nitrogen and oxygen atoms in total. The third-order valence-electron chi connectivity index (χ3n) is 14.9. The standard InChI is InChI=1S/C45H76N2O34/c1-10-21(54)27(60)34(67)43(71-10)80-37-20(47-12(3)53)39(68)72-16(7-51)36(37)79-40-19(46-11(2)52)26(59)35(15(6-50)75-40)78-45-38(81-44-31(64)23(56)14(5-49)74-44)30(63)25(58)18(77-45)9-70-42-33(66)29(62)24(57)17(76-42)8-69-41-32(65)28(61)22(55)13(4-48)73-41/h10,13-45,48-51,54-68H,4-9H2,1-3H3,(H,46,52)(H,47,53)/t10-,13+,14+,15+,16+,17+,18+,19+,20+,21+,22+,23-,24+,25+,26+,27+,28-,29-,30-,31+,32-,33-,34-,35+,36+,37+,38-,39?,40-,41-,42-,43-,44-,45-/m0/s1. The van der Waals surface area contributed by atoms with Gasteiger partial charge in [-0.3, -0.25) is 9.59 Å². The van der Waals surface area contributed by atoms with Gasteiger partial charge in [-0.2, -0.15) is 0 Å². The SMILES string of the molecule is CC(=O)N[C@H]1[C@H](O[C@H]2[C@H](O[C@@H]3O[C@@H](C)[C@@H](O)[C@@H](O)[C@@H]3O)[C@@H](NC(C)=O)C(O)O[C@@H]2CO)O[C@H](CO)[C@@H](O[C@@H]2O[C@H](CO[C@H]3O[C@H](CO[C@H]4O[C@H](CO)[C@@H](O)[C@H](O)[C@@H]4O)[C@@H](O)[C@H](O)[C@@H]3O)[C@@H](O)[C@H](O)[C@@H]2O[C@@H]2O[C@H](CO)[C@H](O)[C@H]2O)[C@@H]1O. The number of nitrogens with one attached hydrogen (secondary N) is 2. The molecule has 7 fully saturated rings. The topological polar surface area (TPSA) is 563 Å². The Labute approximate surface area is 459 Å². The Bertz CT molecular complexity index is 1990. The summed E-state index contributed by atoms with van der Waals surface area (Å²) < 4.78 is 75.1. The van der Waals surface area contributed by atoms with E-state index >= 15 is 0 Å². The molecule has 7 rings (SSSR count). The van der Waals surface area contributed by atoms with E-state index in [1.54, 1.807) is 0 Å². The average molecular weight is 1190 g/mol. The molecule has 36 heteroatoms. The molecule has 0 aromatic carbocycles. The van der Waals surface area contributed by atoms with E-state index in [-0.39, 0.29) is 0 Å². The molecule has 21 N–H and O–H groups in total. The molecule has 7 saturated heterocycles. The molecule has 0 aromatic rings. The number of aliphatic hydroxyl groups excluding tert-OH is 19. The van der Waals surface area contributed by atoms with Crippen LogP contribution >= 0.6 is 0 Å². The highest BCUT2D eigenvalue weighted by molar-refractivity contribution is 5.73. The van der Waals surface area contributed by atoms with Gasteiger partial charge >= 0.3 is 0 Å². The minimum atomic E-state index is -2.22. The van der Waals surface area contributed by atoms with Crippen molar-refractivity contribution in [3.8, 4) is 0 Å². The summed E-state index contributed by atoms with van der Waals surface area (Å²) in [5.41, 5.74) is 0. The summed E-state index contributed by atoms with van der Waals surface area (Å²) in [7, 11) is 0. The van der Waals surface area contributed by atoms with Crippen LogP contribution in [0.15, 0.2) is 0 Å². The van der Waals surface area contributed by atoms with E-state index in [4.69, 9.17) is 61.6 Å². The second-order valence-electron chi connectivity index (χ2n) is 20.6. The molecule has 0 saturated carbocycles. The van der Waals surface area contributed by atoms with Gasteiger partial charge < -0.3 is 169 Å². The van der Waals surface area contributed by atoms with Crippen LogP contribution < -0.4 is 10.6 Å². The largest absolute Gasteiger partial charge is 0.394 e. The van der Waals surface area contributed by atoms with E-state index < -0.39 is 260 Å². The molecule has 0 radical (unpaired) electrons. The quantitative estimate of drug-likeness (QED) is 0.0538. The van der Waals surface area contributed by atoms with Crippen molar-refractivity contribution in [1.29, 1.82) is 0 Å². The zero-order valence-corrected chi connectivity index (χ0v) is 43.5. The highest BCUT2D eigenvalue weighted by atomic mass is 16.8. The molecule has 7 aliphatic rings. The van der Waals surface area contributed by atoms with Crippen molar-refractivity contribution in [2.75, 3.05) is 39.6 Å². The normalized spacial score (nSPS) is 50.7. The number of ether oxygens (including phenoxy) is 13. The Morgan fingerprint density at radius 1 is 0.346 bits per heavy atom. The maximum Gasteiger partial charge on any atom is 0.217 e. The van der Waals surface area contributed by atoms with Gasteiger partial charge in [0.05, 0.1) is 45.7 Å². The number of aliphatic hydroxyl groups is 19. The van der Waals surface area contributed by atoms with Crippen LogP contribution in [0.5, 0.6) is 0 Å². The maximum atomic E-state index is 12.9. The third kappa shape index (κ3) is 14.4. The fourth-order valence-corrected chi connectivity index (χ4v) is 10.3. The van der Waals surface area contributed by atoms with Gasteiger partial charge in [-0.25, -0.2) is 0 Å². The number of hydrogen-bond donors (Lipinski definition) is 21. The molecule has 0 bridgehead atoms. The predicted molar refractivity (Wildman–Crippen MR) is 248 cm³/mol. The van der Waals surface area contributed by atoms with Crippen LogP contribution in [0.25, 0.3) is 0 Å². The summed E-state index contributed by atoms with van der Waals surface area (Å²) >= 11 is 0. The van der Waals surface area contributed by atoms with E-state index in [1.807, 2.05) is 0 Å². The zero-order chi connectivity index (χ0) is 59.6. The second kappa shape index (κ2) is 28.4. The second-order valence-corrected chi connectivity index (χ2v) is 20.6. The van der Waals surface area contributed by atoms with E-state index in [9.17, 15) is 107 Å². The number of hydrogen-bond acceptors (Lipinski definition) is 34. The minimum Gasteiger partial charge on any atom is -0.394 e. The van der Waals surface area contributed by atoms with E-state index in [1.165, 1.54) is 6.92 Å². The van der Waals surface area contributed by atoms with Crippen molar-refractivity contribution in [3.63, 3.8) is 0 Å². The molecule has 470 valence electrons. The van der Waals surface area contributed by atoms with Gasteiger partial charge in [-0.15, -0.1) is 0 Å². The van der Waals surface area contributed by atoms with Gasteiger partial charge in [-0.05, 0) is 6.92 Å². The van der Waals surface area contributed by atoms with Crippen LogP contribution in [-0.2, 0) is 71.2 Å². The Morgan fingerprint density at radius 2 is 0.716 bits per heavy atom. The van der Waals surface area contributed by atoms with E-state index in [2.05, 4.69) is 10.6 Å². The fraction of sp³-hybridized carbons (Fsp3) is 0.956. The first-order valence-corrected chi connectivity index (χ1v) is 25.9. The summed E-state index contributed by atoms with van der Waals surface area (Å²) in [6, 6.07) is -3.49. The van der Waals surface area contributed by atoms with Gasteiger partial charge in [-0.1, -0.05) is 0 Å². The lowest BCUT2D eigenvalue weighted by Gasteiger charge is -2.51. The minimum absolute atomic E-state index is 0.769. The number of carbonyl (C=O) groups is 2. The van der Waals surface area contributed by atoms with Crippen LogP contribution in [0, 0.1) is 0 Å². The highest BCUT2D eigenvalue weighted by Crippen LogP contribution is 2.37. The summed E-state index contributed by atoms with van der Waals surface area (Å²) in [6.07, 6.45) is -59.3. The third-order valence-corrected chi connectivity index (χ3v) is 14.9. The van der Waals surface area contributed by atoms with Crippen LogP contribution in [-0.4, -0.2) is 357 Å². The zero-order valence-electron chi connectivity index (χ0n) is 43.5. The van der Waals surface area contributed by atoms with Gasteiger partial charge in [0.25, 0.3) is 0 Å². The maximum absolute atomic E-state index is 12.9. The smallest absolute Gasteiger partial charge is 0.217 e. The molecule has 1 unspecified atom stereocenters. The summed E-state index contributed by atoms with van der Waals surface area (Å²) in [4.78, 5) is 25.3. The Morgan fingerprint density at radius 3 is 1.26 bits per heavy atom. The molecule has 7 aliphatic heterocycles.